The fourth-order valence-electron chi connectivity index (χ4n) is 1.45. The molecular weight excluding hydrogens is 330 g/mol. The number of nitrogens with two attached hydrogens (primary N) is 2. The third-order valence-corrected chi connectivity index (χ3v) is 2.80. The number of benzene rings is 1. The van der Waals surface area contributed by atoms with Gasteiger partial charge in [0.05, 0.1) is 11.1 Å². The van der Waals surface area contributed by atoms with Gasteiger partial charge in [0.15, 0.2) is 18.1 Å². The molecule has 8 heteroatoms. The van der Waals surface area contributed by atoms with Gasteiger partial charge < -0.3 is 20.9 Å². The maximum atomic E-state index is 11.3. The topological polar surface area (TPSA) is 117 Å². The molecule has 0 saturated heterocycles. The van der Waals surface area contributed by atoms with Crippen molar-refractivity contribution in [1.82, 2.24) is 5.32 Å². The van der Waals surface area contributed by atoms with Crippen molar-refractivity contribution in [3.63, 3.8) is 0 Å². The zero-order valence-corrected chi connectivity index (χ0v) is 12.5. The number of nitrogens with one attached hydrogen (secondary N) is 1. The molecule has 0 unspecified atom stereocenters. The Hall–Kier alpha value is -1.80. The molecule has 0 fully saturated rings. The number of hydrogen-bond donors (Lipinski definition) is 3. The number of primary amides is 1. The Morgan fingerprint density at radius 2 is 2.05 bits per heavy atom. The molecule has 1 aromatic rings. The van der Waals surface area contributed by atoms with E-state index >= 15 is 0 Å². The SMILES string of the molecule is CCOc1cc(CN)cc(Br)c1OCC(=O)NC(N)=O. The molecule has 0 atom stereocenters. The minimum atomic E-state index is -0.929. The molecule has 0 aromatic heterocycles. The van der Waals surface area contributed by atoms with Crippen LogP contribution in [0.15, 0.2) is 16.6 Å². The van der Waals surface area contributed by atoms with Crippen molar-refractivity contribution in [1.29, 1.82) is 0 Å². The summed E-state index contributed by atoms with van der Waals surface area (Å²) in [6.45, 7) is 2.25. The Labute approximate surface area is 124 Å². The van der Waals surface area contributed by atoms with Crippen LogP contribution in [0.2, 0.25) is 0 Å². The van der Waals surface area contributed by atoms with Crippen LogP contribution in [0.4, 0.5) is 4.79 Å². The van der Waals surface area contributed by atoms with Crippen molar-refractivity contribution in [3.05, 3.63) is 22.2 Å². The average Bonchev–Trinajstić information content (AvgIpc) is 2.36. The molecule has 0 aliphatic heterocycles. The predicted molar refractivity (Wildman–Crippen MR) is 76.4 cm³/mol. The minimum absolute atomic E-state index is 0.348. The van der Waals surface area contributed by atoms with E-state index in [9.17, 15) is 9.59 Å². The number of imide groups is 1. The lowest BCUT2D eigenvalue weighted by Gasteiger charge is -2.14. The first-order valence-electron chi connectivity index (χ1n) is 5.85. The third-order valence-electron chi connectivity index (χ3n) is 2.22. The lowest BCUT2D eigenvalue weighted by atomic mass is 10.2. The summed E-state index contributed by atoms with van der Waals surface area (Å²) >= 11 is 3.33. The molecule has 20 heavy (non-hydrogen) atoms. The van der Waals surface area contributed by atoms with Crippen molar-refractivity contribution in [3.8, 4) is 11.5 Å². The Bertz CT molecular complexity index is 508. The third kappa shape index (κ3) is 4.71. The molecule has 3 amide bonds. The van der Waals surface area contributed by atoms with Crippen LogP contribution in [-0.2, 0) is 11.3 Å². The first-order chi connectivity index (χ1) is 9.47. The van der Waals surface area contributed by atoms with Gasteiger partial charge >= 0.3 is 6.03 Å². The Kier molecular flexibility index (Phi) is 6.26. The van der Waals surface area contributed by atoms with Crippen molar-refractivity contribution in [2.24, 2.45) is 11.5 Å². The number of amides is 3. The molecule has 0 aliphatic rings. The second-order valence-electron chi connectivity index (χ2n) is 3.74. The quantitative estimate of drug-likeness (QED) is 0.707. The van der Waals surface area contributed by atoms with Crippen LogP contribution in [0.1, 0.15) is 12.5 Å². The number of carbonyl (C=O) groups is 2. The molecule has 0 spiro atoms. The van der Waals surface area contributed by atoms with Crippen LogP contribution in [0.25, 0.3) is 0 Å². The second kappa shape index (κ2) is 7.71. The first kappa shape index (κ1) is 16.3. The summed E-state index contributed by atoms with van der Waals surface area (Å²) in [5.74, 6) is 0.188. The van der Waals surface area contributed by atoms with Crippen LogP contribution >= 0.6 is 15.9 Å². The van der Waals surface area contributed by atoms with E-state index in [0.717, 1.165) is 5.56 Å². The number of carbonyl (C=O) groups excluding carboxylic acids is 2. The van der Waals surface area contributed by atoms with Crippen molar-refractivity contribution >= 4 is 27.9 Å². The maximum absolute atomic E-state index is 11.3. The van der Waals surface area contributed by atoms with Crippen molar-refractivity contribution in [2.75, 3.05) is 13.2 Å². The Morgan fingerprint density at radius 3 is 2.60 bits per heavy atom. The van der Waals surface area contributed by atoms with E-state index in [1.54, 1.807) is 12.1 Å². The molecule has 0 aliphatic carbocycles. The fraction of sp³-hybridized carbons (Fsp3) is 0.333. The first-order valence-corrected chi connectivity index (χ1v) is 6.64. The van der Waals surface area contributed by atoms with Gasteiger partial charge in [-0.3, -0.25) is 10.1 Å². The normalized spacial score (nSPS) is 9.95. The number of urea groups is 1. The standard InChI is InChI=1S/C12H16BrN3O4/c1-2-19-9-4-7(5-14)3-8(13)11(9)20-6-10(17)16-12(15)18/h3-4H,2,5-6,14H2,1H3,(H3,15,16,17,18). The molecule has 0 heterocycles. The highest BCUT2D eigenvalue weighted by Gasteiger charge is 2.14. The maximum Gasteiger partial charge on any atom is 0.318 e. The highest BCUT2D eigenvalue weighted by atomic mass is 79.9. The summed E-state index contributed by atoms with van der Waals surface area (Å²) in [5, 5.41) is 1.91. The Morgan fingerprint density at radius 1 is 1.35 bits per heavy atom. The van der Waals surface area contributed by atoms with Gasteiger partial charge in [-0.05, 0) is 40.5 Å². The summed E-state index contributed by atoms with van der Waals surface area (Å²) in [6.07, 6.45) is 0. The average molecular weight is 346 g/mol. The van der Waals surface area contributed by atoms with Gasteiger partial charge in [-0.15, -0.1) is 0 Å². The van der Waals surface area contributed by atoms with Gasteiger partial charge in [-0.25, -0.2) is 4.79 Å². The summed E-state index contributed by atoms with van der Waals surface area (Å²) in [6, 6.07) is 2.57. The summed E-state index contributed by atoms with van der Waals surface area (Å²) in [4.78, 5) is 21.8. The molecular formula is C12H16BrN3O4. The van der Waals surface area contributed by atoms with E-state index in [4.69, 9.17) is 20.9 Å². The molecule has 1 rings (SSSR count). The lowest BCUT2D eigenvalue weighted by Crippen LogP contribution is -2.38. The van der Waals surface area contributed by atoms with E-state index in [1.165, 1.54) is 0 Å². The van der Waals surface area contributed by atoms with Gasteiger partial charge in [0.1, 0.15) is 0 Å². The number of rotatable bonds is 6. The fourth-order valence-corrected chi connectivity index (χ4v) is 2.06. The van der Waals surface area contributed by atoms with E-state index in [0.29, 0.717) is 29.1 Å². The molecule has 7 nitrogen and oxygen atoms in total. The van der Waals surface area contributed by atoms with Crippen LogP contribution in [0.3, 0.4) is 0 Å². The Balaban J connectivity index is 2.87. The van der Waals surface area contributed by atoms with Crippen LogP contribution in [0, 0.1) is 0 Å². The van der Waals surface area contributed by atoms with Crippen LogP contribution < -0.4 is 26.3 Å². The molecule has 0 saturated carbocycles. The van der Waals surface area contributed by atoms with Crippen LogP contribution in [0.5, 0.6) is 11.5 Å². The van der Waals surface area contributed by atoms with Crippen LogP contribution in [-0.4, -0.2) is 25.2 Å². The zero-order valence-electron chi connectivity index (χ0n) is 10.9. The van der Waals surface area contributed by atoms with Gasteiger partial charge in [-0.1, -0.05) is 0 Å². The number of ether oxygens (including phenoxy) is 2. The number of hydrogen-bond acceptors (Lipinski definition) is 5. The molecule has 5 N–H and O–H groups in total. The summed E-state index contributed by atoms with van der Waals surface area (Å²) in [5.41, 5.74) is 11.3. The zero-order chi connectivity index (χ0) is 15.1. The van der Waals surface area contributed by atoms with Gasteiger partial charge in [0, 0.05) is 6.54 Å². The van der Waals surface area contributed by atoms with E-state index in [2.05, 4.69) is 15.9 Å². The molecule has 0 bridgehead atoms. The molecule has 1 aromatic carbocycles. The highest BCUT2D eigenvalue weighted by Crippen LogP contribution is 2.36. The lowest BCUT2D eigenvalue weighted by molar-refractivity contribution is -0.121. The molecule has 0 radical (unpaired) electrons. The van der Waals surface area contributed by atoms with Crippen molar-refractivity contribution < 1.29 is 19.1 Å². The van der Waals surface area contributed by atoms with E-state index in [1.807, 2.05) is 12.2 Å². The van der Waals surface area contributed by atoms with Gasteiger partial charge in [-0.2, -0.15) is 0 Å². The summed E-state index contributed by atoms with van der Waals surface area (Å²) < 4.78 is 11.4. The number of halogens is 1. The second-order valence-corrected chi connectivity index (χ2v) is 4.60. The van der Waals surface area contributed by atoms with Crippen molar-refractivity contribution in [2.45, 2.75) is 13.5 Å². The monoisotopic (exact) mass is 345 g/mol. The van der Waals surface area contributed by atoms with E-state index in [-0.39, 0.29) is 6.61 Å². The largest absolute Gasteiger partial charge is 0.490 e. The highest BCUT2D eigenvalue weighted by molar-refractivity contribution is 9.10. The molecule has 110 valence electrons. The summed E-state index contributed by atoms with van der Waals surface area (Å²) in [7, 11) is 0. The minimum Gasteiger partial charge on any atom is -0.490 e. The van der Waals surface area contributed by atoms with Gasteiger partial charge in [0.25, 0.3) is 5.91 Å². The van der Waals surface area contributed by atoms with E-state index < -0.39 is 11.9 Å². The predicted octanol–water partition coefficient (Wildman–Crippen LogP) is 0.880. The van der Waals surface area contributed by atoms with Gasteiger partial charge in [0.2, 0.25) is 0 Å². The smallest absolute Gasteiger partial charge is 0.318 e.